The molecule has 0 heterocycles. The summed E-state index contributed by atoms with van der Waals surface area (Å²) in [5.41, 5.74) is -1.70. The molecule has 0 rings (SSSR count). The predicted molar refractivity (Wildman–Crippen MR) is 401 cm³/mol. The second-order valence-corrected chi connectivity index (χ2v) is 35.8. The van der Waals surface area contributed by atoms with Gasteiger partial charge in [-0.3, -0.25) is 33.6 Å². The second kappa shape index (κ2) is 45.2. The van der Waals surface area contributed by atoms with Gasteiger partial charge in [0.05, 0.1) is 24.2 Å². The molecule has 0 aliphatic rings. The zero-order valence-electron chi connectivity index (χ0n) is 66.4. The van der Waals surface area contributed by atoms with Crippen LogP contribution < -0.4 is 69.1 Å². The molecule has 0 saturated heterocycles. The SMILES string of the molecule is CCC(CCCCNC(C)(C)C)C(=O)NC(CCCCNC(=O)C(CCCCNC(C)(C)C)NC(C)(C)C)C(=O)NCCCCC(NC(=O)C(CCCCNC(=O)C(CCCCNC(C)(C)C)NC(C)(C)C)NC(=O)C(CCCCNC(C)(C)C)NC(C)(C)C)C(=O)C(C)(C)C. The van der Waals surface area contributed by atoms with Gasteiger partial charge in [0, 0.05) is 69.7 Å². The van der Waals surface area contributed by atoms with Gasteiger partial charge < -0.3 is 69.1 Å². The first-order valence-electron chi connectivity index (χ1n) is 37.6. The molecular formula is C76H153N13O7. The van der Waals surface area contributed by atoms with Crippen LogP contribution in [0.15, 0.2) is 0 Å². The number of carbonyl (C=O) groups is 7. The molecule has 20 heteroatoms. The minimum absolute atomic E-state index is 0.00696. The van der Waals surface area contributed by atoms with Crippen molar-refractivity contribution in [2.24, 2.45) is 11.3 Å². The minimum Gasteiger partial charge on any atom is -0.355 e. The lowest BCUT2D eigenvalue weighted by atomic mass is 9.84. The molecule has 0 saturated carbocycles. The van der Waals surface area contributed by atoms with Gasteiger partial charge in [0.15, 0.2) is 5.78 Å². The van der Waals surface area contributed by atoms with Crippen LogP contribution in [0.5, 0.6) is 0 Å². The van der Waals surface area contributed by atoms with Gasteiger partial charge in [0.2, 0.25) is 35.4 Å². The summed E-state index contributed by atoms with van der Waals surface area (Å²) in [4.78, 5) is 99.1. The van der Waals surface area contributed by atoms with Gasteiger partial charge in [-0.1, -0.05) is 53.4 Å². The maximum atomic E-state index is 14.8. The Morgan fingerprint density at radius 3 is 0.771 bits per heavy atom. The lowest BCUT2D eigenvalue weighted by Gasteiger charge is -2.31. The maximum absolute atomic E-state index is 14.8. The normalized spacial score (nSPS) is 15.2. The fourth-order valence-electron chi connectivity index (χ4n) is 11.3. The minimum atomic E-state index is -0.966. The summed E-state index contributed by atoms with van der Waals surface area (Å²) in [5, 5.41) is 43.4. The number of hydrogen-bond acceptors (Lipinski definition) is 14. The highest BCUT2D eigenvalue weighted by Crippen LogP contribution is 2.22. The van der Waals surface area contributed by atoms with Crippen LogP contribution in [0.1, 0.15) is 314 Å². The van der Waals surface area contributed by atoms with Crippen molar-refractivity contribution in [1.82, 2.24) is 69.1 Å². The van der Waals surface area contributed by atoms with Crippen molar-refractivity contribution in [1.29, 1.82) is 0 Å². The van der Waals surface area contributed by atoms with E-state index < -0.39 is 41.0 Å². The van der Waals surface area contributed by atoms with Crippen molar-refractivity contribution in [3.8, 4) is 0 Å². The van der Waals surface area contributed by atoms with Gasteiger partial charge in [-0.05, 0) is 287 Å². The monoisotopic (exact) mass is 1360 g/mol. The predicted octanol–water partition coefficient (Wildman–Crippen LogP) is 10.4. The summed E-state index contributed by atoms with van der Waals surface area (Å²) >= 11 is 0. The summed E-state index contributed by atoms with van der Waals surface area (Å²) in [5.74, 6) is -1.67. The summed E-state index contributed by atoms with van der Waals surface area (Å²) < 4.78 is 0. The van der Waals surface area contributed by atoms with E-state index in [0.29, 0.717) is 96.6 Å². The van der Waals surface area contributed by atoms with E-state index in [9.17, 15) is 33.6 Å². The Labute approximate surface area is 587 Å². The fourth-order valence-corrected chi connectivity index (χ4v) is 11.3. The topological polar surface area (TPSA) is 276 Å². The molecule has 7 atom stereocenters. The van der Waals surface area contributed by atoms with Crippen LogP contribution in [0.25, 0.3) is 0 Å². The molecule has 0 aromatic rings. The molecule has 0 spiro atoms. The Bertz CT molecular complexity index is 2210. The van der Waals surface area contributed by atoms with E-state index in [1.807, 2.05) is 48.5 Å². The Hall–Kier alpha value is -3.79. The molecule has 13 N–H and O–H groups in total. The highest BCUT2D eigenvalue weighted by molar-refractivity contribution is 5.95. The summed E-state index contributed by atoms with van der Waals surface area (Å²) in [6.07, 6.45) is 14.7. The van der Waals surface area contributed by atoms with Crippen LogP contribution in [-0.4, -0.2) is 162 Å². The lowest BCUT2D eigenvalue weighted by molar-refractivity contribution is -0.135. The van der Waals surface area contributed by atoms with Crippen molar-refractivity contribution >= 4 is 41.2 Å². The summed E-state index contributed by atoms with van der Waals surface area (Å²) in [7, 11) is 0. The van der Waals surface area contributed by atoms with E-state index in [0.717, 1.165) is 77.5 Å². The van der Waals surface area contributed by atoms with Crippen molar-refractivity contribution in [2.75, 3.05) is 45.8 Å². The number of hydrogen-bond donors (Lipinski definition) is 13. The van der Waals surface area contributed by atoms with Gasteiger partial charge >= 0.3 is 0 Å². The molecule has 20 nitrogen and oxygen atoms in total. The van der Waals surface area contributed by atoms with Gasteiger partial charge in [-0.25, -0.2) is 0 Å². The number of nitrogens with one attached hydrogen (secondary N) is 13. The molecule has 96 heavy (non-hydrogen) atoms. The van der Waals surface area contributed by atoms with Crippen molar-refractivity contribution in [2.45, 2.75) is 389 Å². The number of carbonyl (C=O) groups excluding carboxylic acids is 7. The summed E-state index contributed by atoms with van der Waals surface area (Å²) in [6, 6.07) is -3.92. The van der Waals surface area contributed by atoms with E-state index in [1.54, 1.807) is 0 Å². The van der Waals surface area contributed by atoms with Crippen LogP contribution in [0.2, 0.25) is 0 Å². The highest BCUT2D eigenvalue weighted by Gasteiger charge is 2.35. The highest BCUT2D eigenvalue weighted by atomic mass is 16.2. The van der Waals surface area contributed by atoms with Gasteiger partial charge in [-0.15, -0.1) is 0 Å². The molecule has 564 valence electrons. The molecular weight excluding hydrogens is 1210 g/mol. The van der Waals surface area contributed by atoms with Gasteiger partial charge in [-0.2, -0.15) is 0 Å². The molecule has 0 radical (unpaired) electrons. The first kappa shape index (κ1) is 92.2. The van der Waals surface area contributed by atoms with E-state index in [1.165, 1.54) is 0 Å². The summed E-state index contributed by atoms with van der Waals surface area (Å²) in [6.45, 7) is 56.1. The average Bonchev–Trinajstić information content (AvgIpc) is 1.66. The maximum Gasteiger partial charge on any atom is 0.243 e. The van der Waals surface area contributed by atoms with Crippen molar-refractivity contribution < 1.29 is 33.6 Å². The molecule has 0 fully saturated rings. The zero-order valence-corrected chi connectivity index (χ0v) is 66.4. The Morgan fingerprint density at radius 1 is 0.250 bits per heavy atom. The quantitative estimate of drug-likeness (QED) is 0.0253. The van der Waals surface area contributed by atoms with E-state index in [4.69, 9.17) is 0 Å². The third-order valence-electron chi connectivity index (χ3n) is 16.3. The third-order valence-corrected chi connectivity index (χ3v) is 16.3. The number of ketones is 1. The van der Waals surface area contributed by atoms with Gasteiger partial charge in [0.25, 0.3) is 0 Å². The van der Waals surface area contributed by atoms with Gasteiger partial charge in [0.1, 0.15) is 12.1 Å². The fraction of sp³-hybridized carbons (Fsp3) is 0.908. The average molecular weight is 1360 g/mol. The first-order valence-corrected chi connectivity index (χ1v) is 37.6. The lowest BCUT2D eigenvalue weighted by Crippen LogP contribution is -2.57. The standard InChI is InChI=1S/C76H153N13O7/c1-26-55(41-27-37-51-80-70(5,6)7)63(91)85-57(43-29-35-49-78-65(93)59(87-74(17,18)19)45-31-38-52-81-71(8,9)10)64(92)77-48-34-28-42-56(62(90)69(2,3)4)84-67(95)58(86-68(96)61(89-76(23,24)25)47-33-40-54-83-73(14,15)16)44-30-36-50-79-66(94)60(88-75(20,21)22)46-32-39-53-82-72(11,12)13/h55-61,80-83,87-89H,26-54H2,1-25H3,(H,77,92)(H,78,93)(H,79,94)(H,84,95)(H,85,91)(H,86,96). The van der Waals surface area contributed by atoms with Crippen LogP contribution in [-0.2, 0) is 33.6 Å². The number of unbranched alkanes of at least 4 members (excludes halogenated alkanes) is 7. The van der Waals surface area contributed by atoms with Crippen LogP contribution >= 0.6 is 0 Å². The Morgan fingerprint density at radius 2 is 0.479 bits per heavy atom. The van der Waals surface area contributed by atoms with Crippen LogP contribution in [0.3, 0.4) is 0 Å². The molecule has 6 amide bonds. The molecule has 0 aromatic heterocycles. The smallest absolute Gasteiger partial charge is 0.243 e. The van der Waals surface area contributed by atoms with E-state index in [2.05, 4.69) is 194 Å². The van der Waals surface area contributed by atoms with Crippen LogP contribution in [0, 0.1) is 11.3 Å². The molecule has 0 bridgehead atoms. The van der Waals surface area contributed by atoms with Crippen molar-refractivity contribution in [3.05, 3.63) is 0 Å². The number of rotatable bonds is 49. The second-order valence-electron chi connectivity index (χ2n) is 35.8. The Kier molecular flexibility index (Phi) is 43.4. The largest absolute Gasteiger partial charge is 0.355 e. The van der Waals surface area contributed by atoms with E-state index in [-0.39, 0.29) is 99.5 Å². The molecule has 0 aromatic carbocycles. The van der Waals surface area contributed by atoms with Crippen molar-refractivity contribution in [3.63, 3.8) is 0 Å². The molecule has 0 aliphatic heterocycles. The number of amides is 6. The zero-order chi connectivity index (χ0) is 73.8. The molecule has 0 aliphatic carbocycles. The van der Waals surface area contributed by atoms with E-state index >= 15 is 0 Å². The molecule has 7 unspecified atom stereocenters. The Balaban J connectivity index is 6.56. The third kappa shape index (κ3) is 50.5. The number of Topliss-reactive ketones (excluding diaryl/α,β-unsaturated/α-hetero) is 1. The van der Waals surface area contributed by atoms with Crippen LogP contribution in [0.4, 0.5) is 0 Å². The first-order chi connectivity index (χ1) is 44.0.